The SMILES string of the molecule is CCn1nccc1-c1cc2nc(N)sc2cc1C. The minimum Gasteiger partial charge on any atom is -0.375 e. The van der Waals surface area contributed by atoms with Crippen molar-refractivity contribution in [2.45, 2.75) is 20.4 Å². The second-order valence-electron chi connectivity index (χ2n) is 4.22. The molecule has 0 radical (unpaired) electrons. The lowest BCUT2D eigenvalue weighted by Crippen LogP contribution is -1.99. The van der Waals surface area contributed by atoms with Gasteiger partial charge < -0.3 is 5.73 Å². The predicted octanol–water partition coefficient (Wildman–Crippen LogP) is 3.07. The minimum atomic E-state index is 0.616. The highest BCUT2D eigenvalue weighted by molar-refractivity contribution is 7.22. The summed E-state index contributed by atoms with van der Waals surface area (Å²) in [5.74, 6) is 0. The molecule has 18 heavy (non-hydrogen) atoms. The zero-order valence-corrected chi connectivity index (χ0v) is 11.2. The summed E-state index contributed by atoms with van der Waals surface area (Å²) in [5.41, 5.74) is 10.2. The van der Waals surface area contributed by atoms with Crippen molar-refractivity contribution < 1.29 is 0 Å². The number of anilines is 1. The molecular formula is C13H14N4S. The monoisotopic (exact) mass is 258 g/mol. The van der Waals surface area contributed by atoms with E-state index in [2.05, 4.69) is 36.1 Å². The highest BCUT2D eigenvalue weighted by Gasteiger charge is 2.10. The zero-order chi connectivity index (χ0) is 12.7. The summed E-state index contributed by atoms with van der Waals surface area (Å²) in [6, 6.07) is 6.28. The third-order valence-electron chi connectivity index (χ3n) is 3.04. The fraction of sp³-hybridized carbons (Fsp3) is 0.231. The van der Waals surface area contributed by atoms with E-state index in [1.54, 1.807) is 0 Å². The van der Waals surface area contributed by atoms with Crippen molar-refractivity contribution in [2.24, 2.45) is 0 Å². The molecule has 0 fully saturated rings. The highest BCUT2D eigenvalue weighted by atomic mass is 32.1. The average Bonchev–Trinajstić information content (AvgIpc) is 2.92. The molecule has 5 heteroatoms. The number of benzene rings is 1. The van der Waals surface area contributed by atoms with Crippen LogP contribution in [0.3, 0.4) is 0 Å². The lowest BCUT2D eigenvalue weighted by Gasteiger charge is -2.08. The van der Waals surface area contributed by atoms with Crippen molar-refractivity contribution in [1.29, 1.82) is 0 Å². The number of fused-ring (bicyclic) bond motifs is 1. The average molecular weight is 258 g/mol. The summed E-state index contributed by atoms with van der Waals surface area (Å²) in [6.45, 7) is 5.06. The zero-order valence-electron chi connectivity index (χ0n) is 10.3. The van der Waals surface area contributed by atoms with Gasteiger partial charge >= 0.3 is 0 Å². The maximum absolute atomic E-state index is 5.76. The number of rotatable bonds is 2. The molecule has 0 aliphatic carbocycles. The number of nitrogens with zero attached hydrogens (tertiary/aromatic N) is 3. The lowest BCUT2D eigenvalue weighted by atomic mass is 10.1. The van der Waals surface area contributed by atoms with Gasteiger partial charge in [0.2, 0.25) is 0 Å². The Kier molecular flexibility index (Phi) is 2.56. The molecule has 2 aromatic heterocycles. The number of nitrogens with two attached hydrogens (primary N) is 1. The van der Waals surface area contributed by atoms with Gasteiger partial charge in [-0.1, -0.05) is 11.3 Å². The Bertz CT molecular complexity index is 711. The van der Waals surface area contributed by atoms with Crippen molar-refractivity contribution in [3.05, 3.63) is 30.0 Å². The second kappa shape index (κ2) is 4.10. The fourth-order valence-electron chi connectivity index (χ4n) is 2.18. The number of nitrogen functional groups attached to an aromatic ring is 1. The van der Waals surface area contributed by atoms with Gasteiger partial charge in [0.05, 0.1) is 15.9 Å². The number of aromatic nitrogens is 3. The standard InChI is InChI=1S/C13H14N4S/c1-3-17-11(4-5-15-17)9-7-10-12(6-8(9)2)18-13(14)16-10/h4-7H,3H2,1-2H3,(H2,14,16). The van der Waals surface area contributed by atoms with Gasteiger partial charge in [0.25, 0.3) is 0 Å². The first kappa shape index (κ1) is 11.2. The van der Waals surface area contributed by atoms with E-state index in [1.807, 2.05) is 16.9 Å². The van der Waals surface area contributed by atoms with Gasteiger partial charge in [0.1, 0.15) is 0 Å². The first-order valence-electron chi connectivity index (χ1n) is 5.88. The van der Waals surface area contributed by atoms with Crippen LogP contribution in [0.1, 0.15) is 12.5 Å². The van der Waals surface area contributed by atoms with Crippen LogP contribution < -0.4 is 5.73 Å². The van der Waals surface area contributed by atoms with Crippen LogP contribution in [0.2, 0.25) is 0 Å². The Morgan fingerprint density at radius 2 is 2.22 bits per heavy atom. The van der Waals surface area contributed by atoms with Crippen molar-refractivity contribution in [3.8, 4) is 11.3 Å². The molecule has 4 nitrogen and oxygen atoms in total. The summed E-state index contributed by atoms with van der Waals surface area (Å²) < 4.78 is 3.13. The summed E-state index contributed by atoms with van der Waals surface area (Å²) in [6.07, 6.45) is 1.83. The lowest BCUT2D eigenvalue weighted by molar-refractivity contribution is 0.667. The first-order chi connectivity index (χ1) is 8.69. The Balaban J connectivity index is 2.25. The summed E-state index contributed by atoms with van der Waals surface area (Å²) in [4.78, 5) is 4.35. The van der Waals surface area contributed by atoms with E-state index in [0.29, 0.717) is 5.13 Å². The van der Waals surface area contributed by atoms with Crippen LogP contribution >= 0.6 is 11.3 Å². The van der Waals surface area contributed by atoms with E-state index in [9.17, 15) is 0 Å². The van der Waals surface area contributed by atoms with Gasteiger partial charge in [-0.3, -0.25) is 4.68 Å². The third kappa shape index (κ3) is 1.67. The van der Waals surface area contributed by atoms with Crippen LogP contribution in [0, 0.1) is 6.92 Å². The summed E-state index contributed by atoms with van der Waals surface area (Å²) in [7, 11) is 0. The van der Waals surface area contributed by atoms with Crippen molar-refractivity contribution in [3.63, 3.8) is 0 Å². The van der Waals surface area contributed by atoms with Crippen LogP contribution in [0.15, 0.2) is 24.4 Å². The number of thiazole rings is 1. The van der Waals surface area contributed by atoms with Crippen LogP contribution in [0.25, 0.3) is 21.5 Å². The molecule has 0 spiro atoms. The summed E-state index contributed by atoms with van der Waals surface area (Å²) >= 11 is 1.53. The Morgan fingerprint density at radius 1 is 1.39 bits per heavy atom. The van der Waals surface area contributed by atoms with Crippen LogP contribution in [0.5, 0.6) is 0 Å². The number of hydrogen-bond donors (Lipinski definition) is 1. The predicted molar refractivity (Wildman–Crippen MR) is 75.7 cm³/mol. The van der Waals surface area contributed by atoms with Gasteiger partial charge in [-0.25, -0.2) is 4.98 Å². The van der Waals surface area contributed by atoms with E-state index in [0.717, 1.165) is 22.5 Å². The minimum absolute atomic E-state index is 0.616. The molecule has 0 bridgehead atoms. The fourth-order valence-corrected chi connectivity index (χ4v) is 3.00. The van der Waals surface area contributed by atoms with Crippen molar-refractivity contribution in [1.82, 2.24) is 14.8 Å². The van der Waals surface area contributed by atoms with Gasteiger partial charge in [-0.2, -0.15) is 5.10 Å². The molecule has 0 amide bonds. The molecule has 2 N–H and O–H groups in total. The third-order valence-corrected chi connectivity index (χ3v) is 3.89. The molecule has 2 heterocycles. The van der Waals surface area contributed by atoms with E-state index in [-0.39, 0.29) is 0 Å². The smallest absolute Gasteiger partial charge is 0.181 e. The van der Waals surface area contributed by atoms with Gasteiger partial charge in [0.15, 0.2) is 5.13 Å². The molecule has 0 atom stereocenters. The maximum Gasteiger partial charge on any atom is 0.181 e. The molecule has 0 saturated heterocycles. The Labute approximate surface area is 109 Å². The molecule has 0 saturated carbocycles. The van der Waals surface area contributed by atoms with Crippen LogP contribution in [-0.4, -0.2) is 14.8 Å². The van der Waals surface area contributed by atoms with Crippen LogP contribution in [-0.2, 0) is 6.54 Å². The molecular weight excluding hydrogens is 244 g/mol. The van der Waals surface area contributed by atoms with E-state index >= 15 is 0 Å². The second-order valence-corrected chi connectivity index (χ2v) is 5.28. The van der Waals surface area contributed by atoms with Gasteiger partial charge in [-0.05, 0) is 37.6 Å². The Morgan fingerprint density at radius 3 is 3.00 bits per heavy atom. The normalized spacial score (nSPS) is 11.2. The molecule has 0 aliphatic rings. The molecule has 92 valence electrons. The van der Waals surface area contributed by atoms with Crippen molar-refractivity contribution >= 4 is 26.7 Å². The topological polar surface area (TPSA) is 56.7 Å². The van der Waals surface area contributed by atoms with Gasteiger partial charge in [0, 0.05) is 18.3 Å². The van der Waals surface area contributed by atoms with Crippen LogP contribution in [0.4, 0.5) is 5.13 Å². The van der Waals surface area contributed by atoms with E-state index < -0.39 is 0 Å². The molecule has 0 aliphatic heterocycles. The maximum atomic E-state index is 5.76. The largest absolute Gasteiger partial charge is 0.375 e. The molecule has 0 unspecified atom stereocenters. The quantitative estimate of drug-likeness (QED) is 0.768. The summed E-state index contributed by atoms with van der Waals surface area (Å²) in [5, 5.41) is 4.93. The van der Waals surface area contributed by atoms with E-state index in [4.69, 9.17) is 5.73 Å². The Hall–Kier alpha value is -1.88. The number of aryl methyl sites for hydroxylation is 2. The van der Waals surface area contributed by atoms with E-state index in [1.165, 1.54) is 22.5 Å². The van der Waals surface area contributed by atoms with Crippen molar-refractivity contribution in [2.75, 3.05) is 5.73 Å². The molecule has 3 rings (SSSR count). The van der Waals surface area contributed by atoms with Gasteiger partial charge in [-0.15, -0.1) is 0 Å². The number of hydrogen-bond acceptors (Lipinski definition) is 4. The molecule has 3 aromatic rings. The highest BCUT2D eigenvalue weighted by Crippen LogP contribution is 2.31. The first-order valence-corrected chi connectivity index (χ1v) is 6.69. The molecule has 1 aromatic carbocycles.